The van der Waals surface area contributed by atoms with Crippen molar-refractivity contribution in [2.24, 2.45) is 5.41 Å². The molecule has 130 valence electrons. The van der Waals surface area contributed by atoms with Gasteiger partial charge in [0, 0.05) is 24.9 Å². The summed E-state index contributed by atoms with van der Waals surface area (Å²) in [6, 6.07) is 9.58. The highest BCUT2D eigenvalue weighted by Crippen LogP contribution is 2.18. The molecule has 0 aliphatic rings. The molecule has 0 unspecified atom stereocenters. The molecule has 2 rings (SSSR count). The van der Waals surface area contributed by atoms with Crippen LogP contribution in [0.3, 0.4) is 0 Å². The average molecular weight is 330 g/mol. The number of hydrogen-bond donors (Lipinski definition) is 3. The lowest BCUT2D eigenvalue weighted by molar-refractivity contribution is 0.204. The fourth-order valence-corrected chi connectivity index (χ4v) is 2.35. The first-order chi connectivity index (χ1) is 11.3. The van der Waals surface area contributed by atoms with Crippen LogP contribution in [0.25, 0.3) is 5.69 Å². The molecular weight excluding hydrogens is 304 g/mol. The summed E-state index contributed by atoms with van der Waals surface area (Å²) in [7, 11) is 0. The van der Waals surface area contributed by atoms with Gasteiger partial charge < -0.3 is 10.4 Å². The highest BCUT2D eigenvalue weighted by Gasteiger charge is 2.18. The van der Waals surface area contributed by atoms with Gasteiger partial charge in [-0.3, -0.25) is 5.32 Å². The monoisotopic (exact) mass is 330 g/mol. The maximum Gasteiger partial charge on any atom is 0.320 e. The first-order valence-corrected chi connectivity index (χ1v) is 8.10. The number of aryl methyl sites for hydroxylation is 2. The first-order valence-electron chi connectivity index (χ1n) is 8.10. The topological polar surface area (TPSA) is 79.2 Å². The molecule has 0 saturated carbocycles. The molecule has 3 N–H and O–H groups in total. The van der Waals surface area contributed by atoms with Crippen LogP contribution < -0.4 is 10.6 Å². The molecular formula is C18H26N4O2. The number of carbonyl (C=O) groups is 1. The van der Waals surface area contributed by atoms with E-state index < -0.39 is 0 Å². The number of aliphatic hydroxyl groups excluding tert-OH is 1. The van der Waals surface area contributed by atoms with E-state index in [1.54, 1.807) is 4.68 Å². The molecule has 2 aromatic rings. The normalized spacial score (nSPS) is 11.4. The molecule has 6 heteroatoms. The first kappa shape index (κ1) is 18.0. The van der Waals surface area contributed by atoms with Crippen molar-refractivity contribution in [3.63, 3.8) is 0 Å². The number of carbonyl (C=O) groups excluding carboxylic acids is 1. The summed E-state index contributed by atoms with van der Waals surface area (Å²) in [6.07, 6.45) is 0.633. The Balaban J connectivity index is 2.00. The molecule has 1 heterocycles. The molecule has 0 fully saturated rings. The van der Waals surface area contributed by atoms with E-state index in [0.29, 0.717) is 18.8 Å². The number of hydrogen-bond acceptors (Lipinski definition) is 3. The van der Waals surface area contributed by atoms with Crippen LogP contribution in [0.15, 0.2) is 30.3 Å². The van der Waals surface area contributed by atoms with Crippen molar-refractivity contribution in [3.05, 3.63) is 41.6 Å². The maximum absolute atomic E-state index is 12.0. The molecule has 1 aromatic heterocycles. The van der Waals surface area contributed by atoms with Gasteiger partial charge in [-0.1, -0.05) is 31.5 Å². The fourth-order valence-electron chi connectivity index (χ4n) is 2.35. The molecule has 1 aromatic carbocycles. The SMILES string of the molecule is Cc1ccc(-n2nc(NC(=O)NCC(C)(C)CCO)cc2C)cc1. The second-order valence-corrected chi connectivity index (χ2v) is 6.86. The minimum absolute atomic E-state index is 0.108. The fraction of sp³-hybridized carbons (Fsp3) is 0.444. The summed E-state index contributed by atoms with van der Waals surface area (Å²) >= 11 is 0. The van der Waals surface area contributed by atoms with Crippen LogP contribution >= 0.6 is 0 Å². The van der Waals surface area contributed by atoms with Crippen molar-refractivity contribution < 1.29 is 9.90 Å². The molecule has 0 aliphatic carbocycles. The Kier molecular flexibility index (Phi) is 5.62. The molecule has 0 radical (unpaired) electrons. The minimum Gasteiger partial charge on any atom is -0.396 e. The number of nitrogens with zero attached hydrogens (tertiary/aromatic N) is 2. The van der Waals surface area contributed by atoms with Gasteiger partial charge in [0.15, 0.2) is 5.82 Å². The van der Waals surface area contributed by atoms with Gasteiger partial charge in [0.2, 0.25) is 0 Å². The highest BCUT2D eigenvalue weighted by molar-refractivity contribution is 5.88. The van der Waals surface area contributed by atoms with E-state index in [-0.39, 0.29) is 18.1 Å². The van der Waals surface area contributed by atoms with Crippen LogP contribution in [-0.4, -0.2) is 34.1 Å². The zero-order chi connectivity index (χ0) is 17.7. The number of nitrogens with one attached hydrogen (secondary N) is 2. The van der Waals surface area contributed by atoms with Crippen LogP contribution in [0.5, 0.6) is 0 Å². The van der Waals surface area contributed by atoms with E-state index >= 15 is 0 Å². The quantitative estimate of drug-likeness (QED) is 0.762. The van der Waals surface area contributed by atoms with E-state index in [9.17, 15) is 4.79 Å². The largest absolute Gasteiger partial charge is 0.396 e. The molecule has 0 saturated heterocycles. The molecule has 0 spiro atoms. The van der Waals surface area contributed by atoms with Crippen molar-refractivity contribution in [1.82, 2.24) is 15.1 Å². The van der Waals surface area contributed by atoms with Crippen LogP contribution in [0.1, 0.15) is 31.5 Å². The van der Waals surface area contributed by atoms with Crippen molar-refractivity contribution in [3.8, 4) is 5.69 Å². The Morgan fingerprint density at radius 1 is 1.25 bits per heavy atom. The van der Waals surface area contributed by atoms with Crippen molar-refractivity contribution in [2.75, 3.05) is 18.5 Å². The number of urea groups is 1. The standard InChI is InChI=1S/C18H26N4O2/c1-13-5-7-15(8-6-13)22-14(2)11-16(21-22)20-17(24)19-12-18(3,4)9-10-23/h5-8,11,23H,9-10,12H2,1-4H3,(H2,19,20,21,24). The molecule has 2 amide bonds. The van der Waals surface area contributed by atoms with Crippen molar-refractivity contribution in [1.29, 1.82) is 0 Å². The second kappa shape index (κ2) is 7.49. The lowest BCUT2D eigenvalue weighted by Crippen LogP contribution is -2.37. The van der Waals surface area contributed by atoms with E-state index in [1.807, 2.05) is 58.0 Å². The number of benzene rings is 1. The average Bonchev–Trinajstić information content (AvgIpc) is 2.87. The predicted octanol–water partition coefficient (Wildman–Crippen LogP) is 3.02. The van der Waals surface area contributed by atoms with E-state index in [0.717, 1.165) is 11.4 Å². The third-order valence-corrected chi connectivity index (χ3v) is 3.92. The lowest BCUT2D eigenvalue weighted by Gasteiger charge is -2.23. The third-order valence-electron chi connectivity index (χ3n) is 3.92. The predicted molar refractivity (Wildman–Crippen MR) is 95.5 cm³/mol. The maximum atomic E-state index is 12.0. The number of amides is 2. The van der Waals surface area contributed by atoms with Crippen LogP contribution in [-0.2, 0) is 0 Å². The second-order valence-electron chi connectivity index (χ2n) is 6.86. The summed E-state index contributed by atoms with van der Waals surface area (Å²) in [5.41, 5.74) is 2.93. The molecule has 0 aliphatic heterocycles. The van der Waals surface area contributed by atoms with Gasteiger partial charge in [0.25, 0.3) is 0 Å². The van der Waals surface area contributed by atoms with Gasteiger partial charge in [-0.25, -0.2) is 9.48 Å². The molecule has 0 bridgehead atoms. The van der Waals surface area contributed by atoms with E-state index in [4.69, 9.17) is 5.11 Å². The zero-order valence-corrected chi connectivity index (χ0v) is 14.8. The smallest absolute Gasteiger partial charge is 0.320 e. The lowest BCUT2D eigenvalue weighted by atomic mass is 9.90. The number of rotatable bonds is 6. The minimum atomic E-state index is -0.297. The summed E-state index contributed by atoms with van der Waals surface area (Å²) in [4.78, 5) is 12.0. The van der Waals surface area contributed by atoms with Crippen LogP contribution in [0.2, 0.25) is 0 Å². The van der Waals surface area contributed by atoms with Crippen LogP contribution in [0.4, 0.5) is 10.6 Å². The van der Waals surface area contributed by atoms with Crippen molar-refractivity contribution in [2.45, 2.75) is 34.1 Å². The Labute approximate surface area is 142 Å². The van der Waals surface area contributed by atoms with Gasteiger partial charge >= 0.3 is 6.03 Å². The Bertz CT molecular complexity index is 690. The van der Waals surface area contributed by atoms with Gasteiger partial charge in [0.1, 0.15) is 0 Å². The number of aliphatic hydroxyl groups is 1. The van der Waals surface area contributed by atoms with E-state index in [1.165, 1.54) is 5.56 Å². The summed E-state index contributed by atoms with van der Waals surface area (Å²) < 4.78 is 1.80. The molecule has 24 heavy (non-hydrogen) atoms. The summed E-state index contributed by atoms with van der Waals surface area (Å²) in [6.45, 7) is 8.57. The van der Waals surface area contributed by atoms with Gasteiger partial charge in [0.05, 0.1) is 5.69 Å². The Hall–Kier alpha value is -2.34. The van der Waals surface area contributed by atoms with E-state index in [2.05, 4.69) is 15.7 Å². The van der Waals surface area contributed by atoms with Gasteiger partial charge in [-0.2, -0.15) is 0 Å². The third kappa shape index (κ3) is 4.83. The van der Waals surface area contributed by atoms with Gasteiger partial charge in [-0.05, 0) is 37.8 Å². The van der Waals surface area contributed by atoms with Gasteiger partial charge in [-0.15, -0.1) is 5.10 Å². The Morgan fingerprint density at radius 3 is 2.54 bits per heavy atom. The number of aromatic nitrogens is 2. The Morgan fingerprint density at radius 2 is 1.92 bits per heavy atom. The summed E-state index contributed by atoms with van der Waals surface area (Å²) in [5.74, 6) is 0.505. The molecule has 0 atom stereocenters. The number of anilines is 1. The van der Waals surface area contributed by atoms with Crippen molar-refractivity contribution >= 4 is 11.8 Å². The summed E-state index contributed by atoms with van der Waals surface area (Å²) in [5, 5.41) is 19.0. The molecule has 6 nitrogen and oxygen atoms in total. The van der Waals surface area contributed by atoms with Crippen LogP contribution in [0, 0.1) is 19.3 Å². The highest BCUT2D eigenvalue weighted by atomic mass is 16.3. The zero-order valence-electron chi connectivity index (χ0n) is 14.8.